The van der Waals surface area contributed by atoms with Crippen LogP contribution in [0.25, 0.3) is 5.57 Å². The summed E-state index contributed by atoms with van der Waals surface area (Å²) in [6, 6.07) is 11.4. The molecule has 1 aromatic heterocycles. The largest absolute Gasteiger partial charge is 0.513 e. The molecule has 1 aliphatic rings. The number of aliphatic imine (C=N–C) groups is 1. The van der Waals surface area contributed by atoms with Crippen LogP contribution in [0.5, 0.6) is 0 Å². The number of aliphatic hydroxyl groups is 1. The van der Waals surface area contributed by atoms with Crippen LogP contribution in [0.2, 0.25) is 0 Å². The highest BCUT2D eigenvalue weighted by atomic mass is 32.1. The van der Waals surface area contributed by atoms with Crippen molar-refractivity contribution in [1.82, 2.24) is 5.32 Å². The summed E-state index contributed by atoms with van der Waals surface area (Å²) in [6.45, 7) is 5.32. The number of benzene rings is 1. The highest BCUT2D eigenvalue weighted by Gasteiger charge is 2.15. The van der Waals surface area contributed by atoms with Gasteiger partial charge in [-0.25, -0.2) is 0 Å². The van der Waals surface area contributed by atoms with Gasteiger partial charge in [-0.2, -0.15) is 0 Å². The molecule has 148 valence electrons. The van der Waals surface area contributed by atoms with E-state index in [0.29, 0.717) is 11.3 Å². The lowest BCUT2D eigenvalue weighted by Crippen LogP contribution is -2.28. The number of rotatable bonds is 7. The summed E-state index contributed by atoms with van der Waals surface area (Å²) in [7, 11) is 0. The van der Waals surface area contributed by atoms with E-state index in [2.05, 4.69) is 22.2 Å². The summed E-state index contributed by atoms with van der Waals surface area (Å²) in [5.74, 6) is 0.108. The number of aliphatic hydroxyl groups excluding tert-OH is 1. The van der Waals surface area contributed by atoms with Crippen LogP contribution < -0.4 is 10.6 Å². The van der Waals surface area contributed by atoms with Gasteiger partial charge in [0.1, 0.15) is 6.17 Å². The molecule has 1 aliphatic heterocycles. The van der Waals surface area contributed by atoms with E-state index in [1.165, 1.54) is 11.3 Å². The third-order valence-corrected chi connectivity index (χ3v) is 5.08. The van der Waals surface area contributed by atoms with Crippen molar-refractivity contribution < 1.29 is 9.90 Å². The molecule has 5 nitrogen and oxygen atoms in total. The Bertz CT molecular complexity index is 980. The summed E-state index contributed by atoms with van der Waals surface area (Å²) >= 11 is 1.41. The first kappa shape index (κ1) is 20.4. The van der Waals surface area contributed by atoms with E-state index in [1.54, 1.807) is 37.4 Å². The van der Waals surface area contributed by atoms with Gasteiger partial charge < -0.3 is 15.7 Å². The molecule has 1 aromatic carbocycles. The maximum Gasteiger partial charge on any atom is 0.265 e. The topological polar surface area (TPSA) is 73.7 Å². The normalized spacial score (nSPS) is 16.9. The van der Waals surface area contributed by atoms with Gasteiger partial charge in [-0.05, 0) is 59.9 Å². The standard InChI is InChI=1S/C23H23N3O2S/c1-3-5-20(14-16(2)27)25-22-15-18(11-12-24-22)17-7-9-19(10-8-17)26-23(28)21-6-4-13-29-21/h3-14,22,25,27H,1,15H2,2H3,(H,26,28)/b16-14+,20-5+. The smallest absolute Gasteiger partial charge is 0.265 e. The molecule has 2 aromatic rings. The van der Waals surface area contributed by atoms with Gasteiger partial charge in [0.2, 0.25) is 0 Å². The molecule has 0 aliphatic carbocycles. The van der Waals surface area contributed by atoms with Crippen molar-refractivity contribution >= 4 is 34.7 Å². The monoisotopic (exact) mass is 405 g/mol. The fourth-order valence-corrected chi connectivity index (χ4v) is 3.54. The predicted molar refractivity (Wildman–Crippen MR) is 121 cm³/mol. The molecular formula is C23H23N3O2S. The third kappa shape index (κ3) is 5.80. The number of nitrogens with zero attached hydrogens (tertiary/aromatic N) is 1. The molecule has 0 spiro atoms. The lowest BCUT2D eigenvalue weighted by atomic mass is 9.99. The highest BCUT2D eigenvalue weighted by Crippen LogP contribution is 2.25. The van der Waals surface area contributed by atoms with Crippen molar-refractivity contribution in [3.05, 3.63) is 94.6 Å². The predicted octanol–water partition coefficient (Wildman–Crippen LogP) is 5.31. The molecule has 29 heavy (non-hydrogen) atoms. The third-order valence-electron chi connectivity index (χ3n) is 4.21. The number of carbonyl (C=O) groups excluding carboxylic acids is 1. The van der Waals surface area contributed by atoms with Gasteiger partial charge in [0, 0.05) is 24.0 Å². The van der Waals surface area contributed by atoms with Gasteiger partial charge in [0.05, 0.1) is 10.6 Å². The molecule has 0 bridgehead atoms. The Balaban J connectivity index is 1.65. The van der Waals surface area contributed by atoms with Gasteiger partial charge in [0.15, 0.2) is 0 Å². The van der Waals surface area contributed by atoms with Crippen LogP contribution in [0.1, 0.15) is 28.6 Å². The lowest BCUT2D eigenvalue weighted by Gasteiger charge is -2.21. The van der Waals surface area contributed by atoms with Crippen LogP contribution in [-0.2, 0) is 0 Å². The SMILES string of the molecule is C=C/C=C(\C=C(/C)O)NC1CC(c2ccc(NC(=O)c3cccs3)cc2)=CC=N1. The number of amides is 1. The number of dihydropyridines is 1. The van der Waals surface area contributed by atoms with Gasteiger partial charge in [0.25, 0.3) is 5.91 Å². The first-order valence-electron chi connectivity index (χ1n) is 9.19. The molecule has 1 atom stereocenters. The number of nitrogens with one attached hydrogen (secondary N) is 2. The second-order valence-corrected chi connectivity index (χ2v) is 7.45. The minimum atomic E-state index is -0.144. The first-order chi connectivity index (χ1) is 14.0. The van der Waals surface area contributed by atoms with E-state index in [4.69, 9.17) is 0 Å². The molecule has 0 fully saturated rings. The van der Waals surface area contributed by atoms with Crippen molar-refractivity contribution in [1.29, 1.82) is 0 Å². The Hall–Kier alpha value is -3.38. The van der Waals surface area contributed by atoms with Gasteiger partial charge in [-0.3, -0.25) is 9.79 Å². The Morgan fingerprint density at radius 2 is 2.10 bits per heavy atom. The fourth-order valence-electron chi connectivity index (χ4n) is 2.92. The fraction of sp³-hybridized carbons (Fsp3) is 0.130. The van der Waals surface area contributed by atoms with Crippen LogP contribution in [-0.4, -0.2) is 23.4 Å². The summed E-state index contributed by atoms with van der Waals surface area (Å²) < 4.78 is 0. The Labute approximate surface area is 174 Å². The Kier molecular flexibility index (Phi) is 6.81. The highest BCUT2D eigenvalue weighted by molar-refractivity contribution is 7.12. The molecule has 6 heteroatoms. The molecule has 0 saturated carbocycles. The number of carbonyl (C=O) groups is 1. The summed E-state index contributed by atoms with van der Waals surface area (Å²) in [6.07, 6.45) is 9.41. The maximum atomic E-state index is 12.2. The molecular weight excluding hydrogens is 382 g/mol. The molecule has 3 rings (SSSR count). The van der Waals surface area contributed by atoms with Crippen molar-refractivity contribution in [3.63, 3.8) is 0 Å². The van der Waals surface area contributed by atoms with E-state index in [0.717, 1.165) is 22.5 Å². The number of hydrogen-bond donors (Lipinski definition) is 3. The minimum Gasteiger partial charge on any atom is -0.513 e. The molecule has 1 unspecified atom stereocenters. The van der Waals surface area contributed by atoms with E-state index in [-0.39, 0.29) is 17.8 Å². The van der Waals surface area contributed by atoms with E-state index < -0.39 is 0 Å². The molecule has 1 amide bonds. The number of hydrogen-bond acceptors (Lipinski definition) is 5. The van der Waals surface area contributed by atoms with Crippen molar-refractivity contribution in [2.75, 3.05) is 5.32 Å². The van der Waals surface area contributed by atoms with Crippen molar-refractivity contribution in [2.24, 2.45) is 4.99 Å². The van der Waals surface area contributed by atoms with Crippen LogP contribution in [0, 0.1) is 0 Å². The number of thiophene rings is 1. The molecule has 2 heterocycles. The number of anilines is 1. The zero-order chi connectivity index (χ0) is 20.6. The quantitative estimate of drug-likeness (QED) is 0.432. The second kappa shape index (κ2) is 9.71. The lowest BCUT2D eigenvalue weighted by molar-refractivity contribution is 0.103. The summed E-state index contributed by atoms with van der Waals surface area (Å²) in [5, 5.41) is 17.6. The zero-order valence-corrected chi connectivity index (χ0v) is 16.9. The molecule has 3 N–H and O–H groups in total. The molecule has 0 radical (unpaired) electrons. The summed E-state index contributed by atoms with van der Waals surface area (Å²) in [4.78, 5) is 17.3. The van der Waals surface area contributed by atoms with Gasteiger partial charge >= 0.3 is 0 Å². The zero-order valence-electron chi connectivity index (χ0n) is 16.1. The van der Waals surface area contributed by atoms with Crippen molar-refractivity contribution in [2.45, 2.75) is 19.5 Å². The Morgan fingerprint density at radius 1 is 1.31 bits per heavy atom. The minimum absolute atomic E-state index is 0.102. The molecule has 0 saturated heterocycles. The Morgan fingerprint density at radius 3 is 2.76 bits per heavy atom. The average Bonchev–Trinajstić information content (AvgIpc) is 3.23. The first-order valence-corrected chi connectivity index (χ1v) is 10.1. The summed E-state index contributed by atoms with van der Waals surface area (Å²) in [5.41, 5.74) is 3.71. The maximum absolute atomic E-state index is 12.2. The average molecular weight is 406 g/mol. The second-order valence-electron chi connectivity index (χ2n) is 6.51. The van der Waals surface area contributed by atoms with Gasteiger partial charge in [-0.1, -0.05) is 30.9 Å². The van der Waals surface area contributed by atoms with Crippen molar-refractivity contribution in [3.8, 4) is 0 Å². The van der Waals surface area contributed by atoms with Crippen LogP contribution in [0.15, 0.2) is 89.1 Å². The van der Waals surface area contributed by atoms with E-state index >= 15 is 0 Å². The van der Waals surface area contributed by atoms with E-state index in [9.17, 15) is 9.90 Å². The van der Waals surface area contributed by atoms with Crippen LogP contribution in [0.4, 0.5) is 5.69 Å². The van der Waals surface area contributed by atoms with Crippen LogP contribution in [0.3, 0.4) is 0 Å². The number of allylic oxidation sites excluding steroid dienone is 5. The van der Waals surface area contributed by atoms with Crippen LogP contribution >= 0.6 is 11.3 Å². The van der Waals surface area contributed by atoms with E-state index in [1.807, 2.05) is 41.8 Å². The van der Waals surface area contributed by atoms with Gasteiger partial charge in [-0.15, -0.1) is 11.3 Å².